The van der Waals surface area contributed by atoms with Gasteiger partial charge in [-0.15, -0.1) is 0 Å². The van der Waals surface area contributed by atoms with E-state index in [0.29, 0.717) is 0 Å². The van der Waals surface area contributed by atoms with Crippen molar-refractivity contribution in [3.63, 3.8) is 0 Å². The van der Waals surface area contributed by atoms with Crippen LogP contribution in [0, 0.1) is 0 Å². The van der Waals surface area contributed by atoms with Crippen molar-refractivity contribution in [3.8, 4) is 0 Å². The highest BCUT2D eigenvalue weighted by Gasteiger charge is 1.94. The zero-order valence-electron chi connectivity index (χ0n) is 9.94. The van der Waals surface area contributed by atoms with Crippen LogP contribution >= 0.6 is 47.8 Å². The Morgan fingerprint density at radius 2 is 1.22 bits per heavy atom. The van der Waals surface area contributed by atoms with Crippen LogP contribution in [0.3, 0.4) is 0 Å². The SMILES string of the molecule is Brc1cncc(Br)c1.CN(C)c1cncc(Br)c1. The van der Waals surface area contributed by atoms with Crippen LogP contribution in [-0.4, -0.2) is 24.1 Å². The van der Waals surface area contributed by atoms with Crippen LogP contribution in [0.15, 0.2) is 50.3 Å². The van der Waals surface area contributed by atoms with Crippen molar-refractivity contribution in [1.29, 1.82) is 0 Å². The molecule has 2 aromatic heterocycles. The molecule has 2 heterocycles. The predicted octanol–water partition coefficient (Wildman–Crippen LogP) is 4.52. The van der Waals surface area contributed by atoms with E-state index in [9.17, 15) is 0 Å². The van der Waals surface area contributed by atoms with Gasteiger partial charge in [0, 0.05) is 46.1 Å². The number of hydrogen-bond acceptors (Lipinski definition) is 3. The van der Waals surface area contributed by atoms with E-state index in [4.69, 9.17) is 0 Å². The lowest BCUT2D eigenvalue weighted by Crippen LogP contribution is -2.08. The molecule has 0 saturated carbocycles. The Bertz CT molecular complexity index is 486. The van der Waals surface area contributed by atoms with Gasteiger partial charge in [0.1, 0.15) is 0 Å². The van der Waals surface area contributed by atoms with Crippen molar-refractivity contribution in [2.45, 2.75) is 0 Å². The Kier molecular flexibility index (Phi) is 6.81. The molecule has 0 amide bonds. The Morgan fingerprint density at radius 1 is 0.778 bits per heavy atom. The highest BCUT2D eigenvalue weighted by atomic mass is 79.9. The third-order valence-corrected chi connectivity index (χ3v) is 3.18. The smallest absolute Gasteiger partial charge is 0.0558 e. The number of nitrogens with zero attached hydrogens (tertiary/aromatic N) is 3. The summed E-state index contributed by atoms with van der Waals surface area (Å²) in [5.74, 6) is 0. The summed E-state index contributed by atoms with van der Waals surface area (Å²) in [5.41, 5.74) is 1.11. The summed E-state index contributed by atoms with van der Waals surface area (Å²) < 4.78 is 3.00. The van der Waals surface area contributed by atoms with E-state index in [-0.39, 0.29) is 0 Å². The Morgan fingerprint density at radius 3 is 1.50 bits per heavy atom. The minimum absolute atomic E-state index is 0.992. The monoisotopic (exact) mass is 435 g/mol. The Labute approximate surface area is 132 Å². The van der Waals surface area contributed by atoms with Crippen molar-refractivity contribution in [3.05, 3.63) is 50.3 Å². The number of anilines is 1. The van der Waals surface area contributed by atoms with Crippen molar-refractivity contribution < 1.29 is 0 Å². The van der Waals surface area contributed by atoms with Gasteiger partial charge in [-0.2, -0.15) is 0 Å². The fourth-order valence-corrected chi connectivity index (χ4v) is 2.42. The number of pyridine rings is 2. The van der Waals surface area contributed by atoms with Gasteiger partial charge in [0.05, 0.1) is 11.9 Å². The van der Waals surface area contributed by atoms with Gasteiger partial charge in [-0.05, 0) is 59.9 Å². The lowest BCUT2D eigenvalue weighted by Gasteiger charge is -2.10. The molecule has 2 aromatic rings. The normalized spacial score (nSPS) is 9.39. The molecular weight excluding hydrogens is 426 g/mol. The molecule has 0 radical (unpaired) electrons. The second-order valence-corrected chi connectivity index (χ2v) is 6.32. The van der Waals surface area contributed by atoms with E-state index in [1.807, 2.05) is 37.3 Å². The molecule has 96 valence electrons. The van der Waals surface area contributed by atoms with E-state index in [1.165, 1.54) is 0 Å². The molecular formula is C12H12Br3N3. The molecule has 0 aromatic carbocycles. The molecule has 0 aliphatic rings. The van der Waals surface area contributed by atoms with E-state index >= 15 is 0 Å². The molecule has 18 heavy (non-hydrogen) atoms. The quantitative estimate of drug-likeness (QED) is 0.657. The largest absolute Gasteiger partial charge is 0.376 e. The van der Waals surface area contributed by atoms with Crippen LogP contribution in [0.2, 0.25) is 0 Å². The molecule has 0 fully saturated rings. The molecule has 2 rings (SSSR count). The molecule has 6 heteroatoms. The third-order valence-electron chi connectivity index (χ3n) is 1.88. The number of aromatic nitrogens is 2. The van der Waals surface area contributed by atoms with E-state index in [1.54, 1.807) is 18.6 Å². The van der Waals surface area contributed by atoms with Crippen LogP contribution in [-0.2, 0) is 0 Å². The van der Waals surface area contributed by atoms with Crippen LogP contribution in [0.1, 0.15) is 0 Å². The maximum atomic E-state index is 4.02. The minimum atomic E-state index is 0.992. The molecule has 0 N–H and O–H groups in total. The first-order chi connectivity index (χ1) is 8.49. The molecule has 0 unspecified atom stereocenters. The van der Waals surface area contributed by atoms with Gasteiger partial charge in [0.2, 0.25) is 0 Å². The van der Waals surface area contributed by atoms with Gasteiger partial charge in [-0.25, -0.2) is 0 Å². The van der Waals surface area contributed by atoms with E-state index < -0.39 is 0 Å². The van der Waals surface area contributed by atoms with Crippen LogP contribution in [0.25, 0.3) is 0 Å². The molecule has 0 saturated heterocycles. The highest BCUT2D eigenvalue weighted by Crippen LogP contribution is 2.15. The second kappa shape index (κ2) is 7.86. The zero-order valence-corrected chi connectivity index (χ0v) is 14.7. The first-order valence-electron chi connectivity index (χ1n) is 5.03. The van der Waals surface area contributed by atoms with Crippen molar-refractivity contribution in [2.24, 2.45) is 0 Å². The Hall–Kier alpha value is -0.460. The number of hydrogen-bond donors (Lipinski definition) is 0. The van der Waals surface area contributed by atoms with Gasteiger partial charge in [0.15, 0.2) is 0 Å². The molecule has 0 aliphatic carbocycles. The first-order valence-corrected chi connectivity index (χ1v) is 7.41. The average molecular weight is 438 g/mol. The van der Waals surface area contributed by atoms with Crippen LogP contribution < -0.4 is 4.90 Å². The van der Waals surface area contributed by atoms with Crippen molar-refractivity contribution in [2.75, 3.05) is 19.0 Å². The van der Waals surface area contributed by atoms with E-state index in [0.717, 1.165) is 19.1 Å². The van der Waals surface area contributed by atoms with Gasteiger partial charge in [-0.3, -0.25) is 9.97 Å². The fraction of sp³-hybridized carbons (Fsp3) is 0.167. The van der Waals surface area contributed by atoms with Crippen molar-refractivity contribution >= 4 is 53.5 Å². The predicted molar refractivity (Wildman–Crippen MR) is 85.9 cm³/mol. The van der Waals surface area contributed by atoms with Crippen LogP contribution in [0.5, 0.6) is 0 Å². The molecule has 0 spiro atoms. The fourth-order valence-electron chi connectivity index (χ4n) is 1.03. The summed E-state index contributed by atoms with van der Waals surface area (Å²) >= 11 is 9.88. The number of rotatable bonds is 1. The summed E-state index contributed by atoms with van der Waals surface area (Å²) in [6.07, 6.45) is 7.08. The lowest BCUT2D eigenvalue weighted by atomic mass is 10.4. The molecule has 0 aliphatic heterocycles. The van der Waals surface area contributed by atoms with Gasteiger partial charge >= 0.3 is 0 Å². The third kappa shape index (κ3) is 5.93. The van der Waals surface area contributed by atoms with Crippen LogP contribution in [0.4, 0.5) is 5.69 Å². The lowest BCUT2D eigenvalue weighted by molar-refractivity contribution is 1.11. The van der Waals surface area contributed by atoms with Gasteiger partial charge in [-0.1, -0.05) is 0 Å². The topological polar surface area (TPSA) is 29.0 Å². The average Bonchev–Trinajstić information content (AvgIpc) is 2.29. The van der Waals surface area contributed by atoms with Crippen molar-refractivity contribution in [1.82, 2.24) is 9.97 Å². The molecule has 3 nitrogen and oxygen atoms in total. The summed E-state index contributed by atoms with van der Waals surface area (Å²) in [5, 5.41) is 0. The standard InChI is InChI=1S/C7H9BrN2.C5H3Br2N/c1-10(2)7-3-6(8)4-9-5-7;6-4-1-5(7)3-8-2-4/h3-5H,1-2H3;1-3H. The maximum absolute atomic E-state index is 4.02. The summed E-state index contributed by atoms with van der Waals surface area (Å²) in [6, 6.07) is 3.96. The first kappa shape index (κ1) is 15.6. The summed E-state index contributed by atoms with van der Waals surface area (Å²) in [6.45, 7) is 0. The van der Waals surface area contributed by atoms with E-state index in [2.05, 4.69) is 57.8 Å². The molecule has 0 bridgehead atoms. The molecule has 0 atom stereocenters. The summed E-state index contributed by atoms with van der Waals surface area (Å²) in [7, 11) is 3.98. The van der Waals surface area contributed by atoms with Gasteiger partial charge in [0.25, 0.3) is 0 Å². The Balaban J connectivity index is 0.000000184. The minimum Gasteiger partial charge on any atom is -0.376 e. The second-order valence-electron chi connectivity index (χ2n) is 3.58. The highest BCUT2D eigenvalue weighted by molar-refractivity contribution is 9.11. The summed E-state index contributed by atoms with van der Waals surface area (Å²) in [4.78, 5) is 9.92. The number of halogens is 3. The maximum Gasteiger partial charge on any atom is 0.0558 e. The zero-order chi connectivity index (χ0) is 13.5. The van der Waals surface area contributed by atoms with Gasteiger partial charge < -0.3 is 4.90 Å².